The molecule has 0 heterocycles. The fourth-order valence-corrected chi connectivity index (χ4v) is 1.71. The molecule has 1 rings (SSSR count). The second-order valence-corrected chi connectivity index (χ2v) is 3.93. The lowest BCUT2D eigenvalue weighted by Gasteiger charge is -2.13. The van der Waals surface area contributed by atoms with Crippen molar-refractivity contribution in [1.29, 1.82) is 0 Å². The summed E-state index contributed by atoms with van der Waals surface area (Å²) >= 11 is 0. The number of rotatable bonds is 3. The Kier molecular flexibility index (Phi) is 3.39. The second-order valence-electron chi connectivity index (χ2n) is 3.93. The van der Waals surface area contributed by atoms with Crippen LogP contribution in [-0.4, -0.2) is 0 Å². The van der Waals surface area contributed by atoms with Gasteiger partial charge in [-0.15, -0.1) is 0 Å². The van der Waals surface area contributed by atoms with Gasteiger partial charge in [-0.05, 0) is 54.1 Å². The number of nitrogens with two attached hydrogens (primary N) is 1. The van der Waals surface area contributed by atoms with E-state index >= 15 is 0 Å². The molecular formula is C12H19N2+. The van der Waals surface area contributed by atoms with Crippen molar-refractivity contribution in [3.05, 3.63) is 28.8 Å². The average Bonchev–Trinajstić information content (AvgIpc) is 2.19. The van der Waals surface area contributed by atoms with Crippen molar-refractivity contribution >= 4 is 5.69 Å². The highest BCUT2D eigenvalue weighted by molar-refractivity contribution is 5.50. The van der Waals surface area contributed by atoms with E-state index in [2.05, 4.69) is 44.9 Å². The van der Waals surface area contributed by atoms with Crippen LogP contribution in [0, 0.1) is 13.8 Å². The van der Waals surface area contributed by atoms with E-state index in [4.69, 9.17) is 5.53 Å². The van der Waals surface area contributed by atoms with Crippen LogP contribution >= 0.6 is 0 Å². The van der Waals surface area contributed by atoms with Crippen molar-refractivity contribution in [2.24, 2.45) is 5.11 Å². The van der Waals surface area contributed by atoms with E-state index in [1.165, 1.54) is 17.5 Å². The fourth-order valence-electron chi connectivity index (χ4n) is 1.71. The molecule has 2 heteroatoms. The lowest BCUT2D eigenvalue weighted by atomic mass is 9.92. The molecule has 0 aliphatic rings. The summed E-state index contributed by atoms with van der Waals surface area (Å²) in [5.74, 6) is 0.612. The molecule has 0 radical (unpaired) electrons. The fraction of sp³-hybridized carbons (Fsp3) is 0.500. The Morgan fingerprint density at radius 3 is 2.43 bits per heavy atom. The molecule has 0 aliphatic carbocycles. The third-order valence-electron chi connectivity index (χ3n) is 2.87. The highest BCUT2D eigenvalue weighted by Gasteiger charge is 2.09. The molecule has 1 unspecified atom stereocenters. The van der Waals surface area contributed by atoms with E-state index in [9.17, 15) is 0 Å². The van der Waals surface area contributed by atoms with E-state index in [1.807, 2.05) is 0 Å². The lowest BCUT2D eigenvalue weighted by molar-refractivity contribution is -0.210. The first kappa shape index (κ1) is 10.9. The first-order valence-electron chi connectivity index (χ1n) is 5.12. The maximum absolute atomic E-state index is 5.30. The Labute approximate surface area is 85.9 Å². The summed E-state index contributed by atoms with van der Waals surface area (Å²) in [6.07, 6.45) is 1.17. The highest BCUT2D eigenvalue weighted by atomic mass is 15.0. The molecule has 1 aromatic rings. The van der Waals surface area contributed by atoms with Gasteiger partial charge in [-0.2, -0.15) is 5.53 Å². The Bertz CT molecular complexity index is 342. The van der Waals surface area contributed by atoms with Crippen LogP contribution in [0.5, 0.6) is 0 Å². The first-order valence-corrected chi connectivity index (χ1v) is 5.12. The molecule has 0 aliphatic heterocycles. The molecule has 1 aromatic carbocycles. The van der Waals surface area contributed by atoms with Gasteiger partial charge in [-0.25, -0.2) is 0 Å². The van der Waals surface area contributed by atoms with Gasteiger partial charge in [0.05, 0.1) is 0 Å². The molecule has 0 saturated carbocycles. The van der Waals surface area contributed by atoms with E-state index in [1.54, 1.807) is 0 Å². The second kappa shape index (κ2) is 4.36. The zero-order valence-electron chi connectivity index (χ0n) is 9.46. The van der Waals surface area contributed by atoms with Crippen molar-refractivity contribution in [1.82, 2.24) is 0 Å². The number of aryl methyl sites for hydroxylation is 2. The van der Waals surface area contributed by atoms with Crippen molar-refractivity contribution in [3.63, 3.8) is 0 Å². The molecule has 76 valence electrons. The van der Waals surface area contributed by atoms with Crippen molar-refractivity contribution in [2.45, 2.75) is 40.0 Å². The van der Waals surface area contributed by atoms with Gasteiger partial charge < -0.3 is 0 Å². The van der Waals surface area contributed by atoms with Crippen LogP contribution < -0.4 is 5.53 Å². The third-order valence-corrected chi connectivity index (χ3v) is 2.87. The van der Waals surface area contributed by atoms with E-state index in [0.29, 0.717) is 5.92 Å². The van der Waals surface area contributed by atoms with Gasteiger partial charge in [0, 0.05) is 0 Å². The summed E-state index contributed by atoms with van der Waals surface area (Å²) in [4.78, 5) is 0. The maximum Gasteiger partial charge on any atom is 0.133 e. The largest absolute Gasteiger partial charge is 0.152 e. The van der Waals surface area contributed by atoms with Crippen LogP contribution in [0.1, 0.15) is 42.9 Å². The van der Waals surface area contributed by atoms with Gasteiger partial charge >= 0.3 is 0 Å². The predicted octanol–water partition coefficient (Wildman–Crippen LogP) is 2.66. The normalized spacial score (nSPS) is 12.6. The molecular weight excluding hydrogens is 172 g/mol. The number of benzene rings is 1. The van der Waals surface area contributed by atoms with Crippen LogP contribution in [0.15, 0.2) is 17.2 Å². The van der Waals surface area contributed by atoms with Gasteiger partial charge in [0.25, 0.3) is 0 Å². The van der Waals surface area contributed by atoms with Crippen LogP contribution in [0.4, 0.5) is 5.69 Å². The van der Waals surface area contributed by atoms with Crippen molar-refractivity contribution in [3.8, 4) is 0 Å². The van der Waals surface area contributed by atoms with Gasteiger partial charge in [0.2, 0.25) is 0 Å². The molecule has 0 spiro atoms. The summed E-state index contributed by atoms with van der Waals surface area (Å²) in [6.45, 7) is 8.63. The van der Waals surface area contributed by atoms with E-state index in [-0.39, 0.29) is 0 Å². The standard InChI is InChI=1S/C12H18N2/c1-5-8(2)11-6-10(4)12(14-13)7-9(11)3/h6-8,13H,5H2,1-4H3/p+1. The smallest absolute Gasteiger partial charge is 0.133 e. The van der Waals surface area contributed by atoms with Crippen molar-refractivity contribution < 1.29 is 5.53 Å². The molecule has 2 N–H and O–H groups in total. The SMILES string of the molecule is CCC(C)c1cc(C)c(N=[NH2+])cc1C. The summed E-state index contributed by atoms with van der Waals surface area (Å²) in [5.41, 5.74) is 10.1. The average molecular weight is 191 g/mol. The van der Waals surface area contributed by atoms with Gasteiger partial charge in [-0.1, -0.05) is 19.9 Å². The van der Waals surface area contributed by atoms with Crippen LogP contribution in [0.3, 0.4) is 0 Å². The summed E-state index contributed by atoms with van der Waals surface area (Å²) in [7, 11) is 0. The topological polar surface area (TPSA) is 38.0 Å². The summed E-state index contributed by atoms with van der Waals surface area (Å²) < 4.78 is 0. The van der Waals surface area contributed by atoms with Crippen LogP contribution in [0.25, 0.3) is 0 Å². The number of hydrogen-bond donors (Lipinski definition) is 1. The molecule has 0 fully saturated rings. The molecule has 2 nitrogen and oxygen atoms in total. The van der Waals surface area contributed by atoms with Gasteiger partial charge in [0.1, 0.15) is 5.69 Å². The molecule has 1 atom stereocenters. The molecule has 14 heavy (non-hydrogen) atoms. The lowest BCUT2D eigenvalue weighted by Crippen LogP contribution is -2.22. The third kappa shape index (κ3) is 2.00. The minimum atomic E-state index is 0.612. The molecule has 0 amide bonds. The highest BCUT2D eigenvalue weighted by Crippen LogP contribution is 2.28. The molecule has 0 aromatic heterocycles. The molecule has 0 bridgehead atoms. The zero-order valence-corrected chi connectivity index (χ0v) is 9.46. The Hall–Kier alpha value is -1.18. The zero-order chi connectivity index (χ0) is 10.7. The quantitative estimate of drug-likeness (QED) is 0.713. The molecule has 0 saturated heterocycles. The van der Waals surface area contributed by atoms with Gasteiger partial charge in [0.15, 0.2) is 0 Å². The van der Waals surface area contributed by atoms with E-state index < -0.39 is 0 Å². The Morgan fingerprint density at radius 2 is 1.93 bits per heavy atom. The Morgan fingerprint density at radius 1 is 1.29 bits per heavy atom. The maximum atomic E-state index is 5.30. The monoisotopic (exact) mass is 191 g/mol. The van der Waals surface area contributed by atoms with E-state index in [0.717, 1.165) is 11.3 Å². The predicted molar refractivity (Wildman–Crippen MR) is 58.6 cm³/mol. The first-order chi connectivity index (χ1) is 6.60. The van der Waals surface area contributed by atoms with Crippen molar-refractivity contribution in [2.75, 3.05) is 0 Å². The summed E-state index contributed by atoms with van der Waals surface area (Å²) in [6, 6.07) is 4.27. The van der Waals surface area contributed by atoms with Crippen LogP contribution in [-0.2, 0) is 0 Å². The number of hydrogen-bond acceptors (Lipinski definition) is 1. The number of nitrogens with zero attached hydrogens (tertiary/aromatic N) is 1. The van der Waals surface area contributed by atoms with Gasteiger partial charge in [-0.3, -0.25) is 0 Å². The summed E-state index contributed by atoms with van der Waals surface area (Å²) in [5, 5.41) is 3.76. The minimum absolute atomic E-state index is 0.612. The minimum Gasteiger partial charge on any atom is -0.152 e. The van der Waals surface area contributed by atoms with Crippen LogP contribution in [0.2, 0.25) is 0 Å². The Balaban J connectivity index is 3.21.